The molecule has 3 aromatic carbocycles. The molecule has 20 heteroatoms. The number of ether oxygens (including phenoxy) is 3. The third kappa shape index (κ3) is 9.72. The maximum Gasteiger partial charge on any atom is 0.276 e. The lowest BCUT2D eigenvalue weighted by Gasteiger charge is -2.50. The molecule has 4 fully saturated rings. The van der Waals surface area contributed by atoms with Gasteiger partial charge in [0.05, 0.1) is 26.3 Å². The molecule has 4 amide bonds. The summed E-state index contributed by atoms with van der Waals surface area (Å²) in [6.07, 6.45) is 9.38. The zero-order valence-electron chi connectivity index (χ0n) is 39.5. The maximum absolute atomic E-state index is 14.1. The first-order valence-electron chi connectivity index (χ1n) is 24.5. The van der Waals surface area contributed by atoms with E-state index in [0.717, 1.165) is 75.1 Å². The Hall–Kier alpha value is -7.32. The molecule has 0 radical (unpaired) electrons. The molecule has 0 bridgehead atoms. The minimum absolute atomic E-state index is 0.00170. The van der Waals surface area contributed by atoms with Crippen molar-refractivity contribution in [3.63, 3.8) is 0 Å². The van der Waals surface area contributed by atoms with E-state index in [2.05, 4.69) is 10.6 Å². The van der Waals surface area contributed by atoms with E-state index >= 15 is 0 Å². The molecule has 2 saturated heterocycles. The molecule has 4 aliphatic heterocycles. The number of hydrogen-bond donors (Lipinski definition) is 3. The highest BCUT2D eigenvalue weighted by Gasteiger charge is 2.48. The van der Waals surface area contributed by atoms with Crippen LogP contribution in [0.15, 0.2) is 88.7 Å². The van der Waals surface area contributed by atoms with E-state index in [-0.39, 0.29) is 102 Å². The number of carbonyl (C=O) groups is 4. The Kier molecular flexibility index (Phi) is 13.9. The van der Waals surface area contributed by atoms with Gasteiger partial charge >= 0.3 is 0 Å². The van der Waals surface area contributed by atoms with Gasteiger partial charge in [-0.15, -0.1) is 0 Å². The van der Waals surface area contributed by atoms with Gasteiger partial charge in [-0.05, 0) is 43.4 Å². The molecule has 2 aromatic heterocycles. The van der Waals surface area contributed by atoms with Crippen molar-refractivity contribution in [2.75, 3.05) is 13.2 Å². The van der Waals surface area contributed by atoms with E-state index in [1.165, 1.54) is 29.1 Å². The van der Waals surface area contributed by atoms with Gasteiger partial charge in [0.2, 0.25) is 10.9 Å². The zero-order valence-corrected chi connectivity index (χ0v) is 39.5. The van der Waals surface area contributed by atoms with Crippen molar-refractivity contribution in [3.05, 3.63) is 162 Å². The van der Waals surface area contributed by atoms with E-state index in [4.69, 9.17) is 14.2 Å². The van der Waals surface area contributed by atoms with Crippen LogP contribution in [-0.2, 0) is 42.3 Å². The Labute approximate surface area is 415 Å². The molecular formula is C53H52F4N6O10. The highest BCUT2D eigenvalue weighted by atomic mass is 19.1. The summed E-state index contributed by atoms with van der Waals surface area (Å²) in [5, 5.41) is 15.5. The normalized spacial score (nSPS) is 22.7. The number of aromatic nitrogens is 2. The Morgan fingerprint density at radius 3 is 1.63 bits per heavy atom. The van der Waals surface area contributed by atoms with Gasteiger partial charge in [0.1, 0.15) is 41.0 Å². The summed E-state index contributed by atoms with van der Waals surface area (Å²) in [5.74, 6) is -6.09. The second-order valence-corrected chi connectivity index (χ2v) is 19.3. The Morgan fingerprint density at radius 1 is 0.630 bits per heavy atom. The molecule has 6 aliphatic rings. The summed E-state index contributed by atoms with van der Waals surface area (Å²) in [6, 6.07) is 15.2. The van der Waals surface area contributed by atoms with E-state index in [1.807, 2.05) is 30.3 Å². The fourth-order valence-corrected chi connectivity index (χ4v) is 11.1. The van der Waals surface area contributed by atoms with Crippen molar-refractivity contribution in [1.82, 2.24) is 29.6 Å². The molecular weight excluding hydrogens is 957 g/mol. The molecule has 16 nitrogen and oxygen atoms in total. The van der Waals surface area contributed by atoms with E-state index in [0.29, 0.717) is 19.3 Å². The maximum atomic E-state index is 14.1. The molecule has 5 aromatic rings. The third-order valence-electron chi connectivity index (χ3n) is 14.8. The number of amides is 4. The van der Waals surface area contributed by atoms with Crippen LogP contribution in [-0.4, -0.2) is 85.4 Å². The summed E-state index contributed by atoms with van der Waals surface area (Å²) in [6.45, 7) is 0.987. The lowest BCUT2D eigenvalue weighted by Crippen LogP contribution is -2.61. The fraction of sp³-hybridized carbons (Fsp3) is 0.396. The number of pyridine rings is 2. The van der Waals surface area contributed by atoms with Crippen LogP contribution < -0.4 is 26.2 Å². The number of nitrogens with zero attached hydrogens (tertiary/aromatic N) is 4. The lowest BCUT2D eigenvalue weighted by atomic mass is 9.82. The first kappa shape index (κ1) is 49.3. The SMILES string of the molecule is O=C(NCc1ccc(F)cc1F)c1cn2c(c(O)c1=O)C(=O)N1[C@@H](C2)OC[C@@H]2CCCC[C@@H]21.O=C(NCc1ccc(F)cc1F)c1cn2c(c(OCc3ccccc3)c1=O)C(=O)N1C(C2)OCC2CCCCC21. The highest BCUT2D eigenvalue weighted by molar-refractivity contribution is 6.00. The second-order valence-electron chi connectivity index (χ2n) is 19.3. The van der Waals surface area contributed by atoms with Gasteiger partial charge in [0, 0.05) is 72.7 Å². The van der Waals surface area contributed by atoms with Crippen LogP contribution >= 0.6 is 0 Å². The minimum Gasteiger partial charge on any atom is -0.503 e. The first-order chi connectivity index (χ1) is 35.2. The highest BCUT2D eigenvalue weighted by Crippen LogP contribution is 2.40. The predicted octanol–water partition coefficient (Wildman–Crippen LogP) is 6.14. The number of fused-ring (bicyclic) bond motifs is 8. The minimum atomic E-state index is -0.983. The van der Waals surface area contributed by atoms with E-state index < -0.39 is 70.1 Å². The number of aromatic hydroxyl groups is 1. The summed E-state index contributed by atoms with van der Waals surface area (Å²) in [5.41, 5.74) is -1.52. The van der Waals surface area contributed by atoms with Crippen molar-refractivity contribution >= 4 is 23.6 Å². The largest absolute Gasteiger partial charge is 0.503 e. The molecule has 382 valence electrons. The van der Waals surface area contributed by atoms with Crippen molar-refractivity contribution < 1.29 is 56.1 Å². The summed E-state index contributed by atoms with van der Waals surface area (Å²) >= 11 is 0. The smallest absolute Gasteiger partial charge is 0.276 e. The van der Waals surface area contributed by atoms with Crippen molar-refractivity contribution in [1.29, 1.82) is 0 Å². The summed E-state index contributed by atoms with van der Waals surface area (Å²) in [7, 11) is 0. The van der Waals surface area contributed by atoms with Crippen LogP contribution in [0.3, 0.4) is 0 Å². The van der Waals surface area contributed by atoms with Crippen molar-refractivity contribution in [2.24, 2.45) is 11.8 Å². The molecule has 6 atom stereocenters. The van der Waals surface area contributed by atoms with E-state index in [1.54, 1.807) is 14.4 Å². The monoisotopic (exact) mass is 1010 g/mol. The van der Waals surface area contributed by atoms with Gasteiger partial charge in [-0.3, -0.25) is 28.8 Å². The first-order valence-corrected chi connectivity index (χ1v) is 24.5. The molecule has 73 heavy (non-hydrogen) atoms. The average Bonchev–Trinajstić information content (AvgIpc) is 3.38. The molecule has 6 heterocycles. The molecule has 3 N–H and O–H groups in total. The number of rotatable bonds is 9. The van der Waals surface area contributed by atoms with Gasteiger partial charge in [-0.1, -0.05) is 68.1 Å². The quantitative estimate of drug-likeness (QED) is 0.145. The van der Waals surface area contributed by atoms with Crippen LogP contribution in [0.4, 0.5) is 17.6 Å². The van der Waals surface area contributed by atoms with Crippen LogP contribution in [0.25, 0.3) is 0 Å². The Morgan fingerprint density at radius 2 is 1.11 bits per heavy atom. The number of halogens is 4. The lowest BCUT2D eigenvalue weighted by molar-refractivity contribution is -0.149. The van der Waals surface area contributed by atoms with Gasteiger partial charge in [-0.25, -0.2) is 17.6 Å². The zero-order chi connectivity index (χ0) is 51.1. The van der Waals surface area contributed by atoms with Crippen LogP contribution in [0.1, 0.15) is 110 Å². The van der Waals surface area contributed by atoms with Crippen LogP contribution in [0.2, 0.25) is 0 Å². The van der Waals surface area contributed by atoms with Crippen molar-refractivity contribution in [3.8, 4) is 11.5 Å². The van der Waals surface area contributed by atoms with E-state index in [9.17, 15) is 51.4 Å². The number of carbonyl (C=O) groups excluding carboxylic acids is 4. The van der Waals surface area contributed by atoms with Gasteiger partial charge in [0.25, 0.3) is 23.6 Å². The Bertz CT molecular complexity index is 3120. The van der Waals surface area contributed by atoms with Gasteiger partial charge in [0.15, 0.2) is 35.3 Å². The molecule has 0 spiro atoms. The van der Waals surface area contributed by atoms with Crippen molar-refractivity contribution in [2.45, 2.75) is 109 Å². The van der Waals surface area contributed by atoms with Gasteiger partial charge < -0.3 is 48.9 Å². The summed E-state index contributed by atoms with van der Waals surface area (Å²) < 4.78 is 75.3. The molecule has 11 rings (SSSR count). The molecule has 3 unspecified atom stereocenters. The van der Waals surface area contributed by atoms with Gasteiger partial charge in [-0.2, -0.15) is 0 Å². The standard InChI is InChI=1S/C30H29F2N3O5.C23H23F2N3O5/c31-21-11-10-19(23(32)12-21)13-33-29(37)22-14-34-15-25-35(24-9-5-4-8-20(24)17-39-25)30(38)26(34)28(27(22)36)40-16-18-6-2-1-3-7-18;24-14-6-5-12(16(25)7-14)8-26-22(31)15-9-27-10-18-28(23(32)19(27)21(30)20(15)29)17-4-2-1-3-13(17)11-33-18/h1-3,6-7,10-12,14,20,24-25H,4-5,8-9,13,15-17H2,(H,33,37);5-7,9,13,17-18,30H,1-4,8,10-11H2,(H,26,31)/t;13-,17-,18+/m.0/s1. The number of benzene rings is 3. The molecule has 2 aliphatic carbocycles. The van der Waals surface area contributed by atoms with Crippen LogP contribution in [0, 0.1) is 35.1 Å². The topological polar surface area (TPSA) is 191 Å². The summed E-state index contributed by atoms with van der Waals surface area (Å²) in [4.78, 5) is 82.9. The number of nitrogens with one attached hydrogen (secondary N) is 2. The Balaban J connectivity index is 0.000000171. The second kappa shape index (κ2) is 20.7. The molecule has 2 saturated carbocycles. The number of hydrogen-bond acceptors (Lipinski definition) is 10. The average molecular weight is 1010 g/mol. The third-order valence-corrected chi connectivity index (χ3v) is 14.8. The fourth-order valence-electron chi connectivity index (χ4n) is 11.1. The predicted molar refractivity (Wildman–Crippen MR) is 252 cm³/mol. The van der Waals surface area contributed by atoms with Crippen LogP contribution in [0.5, 0.6) is 11.5 Å².